The second kappa shape index (κ2) is 7.23. The number of ether oxygens (including phenoxy) is 1. The minimum atomic E-state index is -0.663. The van der Waals surface area contributed by atoms with Gasteiger partial charge in [0, 0.05) is 10.4 Å². The van der Waals surface area contributed by atoms with Gasteiger partial charge in [0.25, 0.3) is 0 Å². The lowest BCUT2D eigenvalue weighted by Crippen LogP contribution is -2.47. The summed E-state index contributed by atoms with van der Waals surface area (Å²) in [6.07, 6.45) is 0.570. The Morgan fingerprint density at radius 1 is 1.19 bits per heavy atom. The van der Waals surface area contributed by atoms with E-state index >= 15 is 0 Å². The van der Waals surface area contributed by atoms with Crippen LogP contribution in [-0.2, 0) is 22.4 Å². The third-order valence-corrected chi connectivity index (χ3v) is 4.71. The first-order valence-corrected chi connectivity index (χ1v) is 9.43. The number of carbonyl (C=O) groups is 2. The Morgan fingerprint density at radius 3 is 2.62 bits per heavy atom. The van der Waals surface area contributed by atoms with Crippen LogP contribution in [-0.4, -0.2) is 17.6 Å². The van der Waals surface area contributed by atoms with Gasteiger partial charge in [0.2, 0.25) is 5.91 Å². The van der Waals surface area contributed by atoms with Crippen LogP contribution in [0.5, 0.6) is 0 Å². The average Bonchev–Trinajstić information content (AvgIpc) is 2.54. The third-order valence-electron chi connectivity index (χ3n) is 4.22. The number of fused-ring (bicyclic) bond motifs is 1. The summed E-state index contributed by atoms with van der Waals surface area (Å²) in [6.45, 7) is 5.39. The van der Waals surface area contributed by atoms with Crippen LogP contribution in [0.3, 0.4) is 0 Å². The first kappa shape index (κ1) is 18.6. The van der Waals surface area contributed by atoms with Crippen molar-refractivity contribution >= 4 is 33.6 Å². The number of halogens is 1. The van der Waals surface area contributed by atoms with Crippen LogP contribution in [0.2, 0.25) is 0 Å². The summed E-state index contributed by atoms with van der Waals surface area (Å²) in [4.78, 5) is 27.0. The molecule has 4 nitrogen and oxygen atoms in total. The van der Waals surface area contributed by atoms with Gasteiger partial charge in [-0.15, -0.1) is 0 Å². The molecule has 1 atom stereocenters. The van der Waals surface area contributed by atoms with E-state index in [4.69, 9.17) is 4.74 Å². The van der Waals surface area contributed by atoms with Gasteiger partial charge in [0.1, 0.15) is 5.60 Å². The first-order valence-electron chi connectivity index (χ1n) is 8.64. The molecule has 3 rings (SSSR count). The fourth-order valence-corrected chi connectivity index (χ4v) is 3.61. The molecule has 1 aliphatic heterocycles. The largest absolute Gasteiger partial charge is 0.443 e. The minimum absolute atomic E-state index is 0.210. The quantitative estimate of drug-likeness (QED) is 0.682. The number of hydrogen-bond donors (Lipinski definition) is 0. The van der Waals surface area contributed by atoms with Crippen LogP contribution in [0.25, 0.3) is 0 Å². The van der Waals surface area contributed by atoms with Crippen LogP contribution in [0.4, 0.5) is 10.5 Å². The Morgan fingerprint density at radius 2 is 1.92 bits per heavy atom. The zero-order chi connectivity index (χ0) is 18.9. The molecule has 0 N–H and O–H groups in total. The number of carbonyl (C=O) groups excluding carboxylic acids is 2. The molecule has 1 heterocycles. The van der Waals surface area contributed by atoms with Crippen molar-refractivity contribution in [1.82, 2.24) is 0 Å². The van der Waals surface area contributed by atoms with E-state index < -0.39 is 11.7 Å². The van der Waals surface area contributed by atoms with Crippen molar-refractivity contribution in [1.29, 1.82) is 0 Å². The number of para-hydroxylation sites is 1. The summed E-state index contributed by atoms with van der Waals surface area (Å²) in [5, 5.41) is 0. The zero-order valence-electron chi connectivity index (χ0n) is 15.2. The Labute approximate surface area is 162 Å². The highest BCUT2D eigenvalue weighted by Crippen LogP contribution is 2.33. The standard InChI is InChI=1S/C21H22BrNO3/c1-21(2,3)26-20(25)23-18-10-5-4-8-15(18)13-16(19(23)24)11-14-7-6-9-17(22)12-14/h4-10,12,16H,11,13H2,1-3H3/t16-/m0/s1. The number of benzene rings is 2. The number of hydrogen-bond acceptors (Lipinski definition) is 3. The van der Waals surface area contributed by atoms with Gasteiger partial charge in [-0.3, -0.25) is 4.79 Å². The van der Waals surface area contributed by atoms with Gasteiger partial charge in [0.15, 0.2) is 0 Å². The fourth-order valence-electron chi connectivity index (χ4n) is 3.16. The summed E-state index contributed by atoms with van der Waals surface area (Å²) in [6, 6.07) is 15.4. The van der Waals surface area contributed by atoms with Gasteiger partial charge >= 0.3 is 6.09 Å². The van der Waals surface area contributed by atoms with E-state index in [0.717, 1.165) is 15.6 Å². The molecule has 0 fully saturated rings. The van der Waals surface area contributed by atoms with Crippen molar-refractivity contribution in [2.24, 2.45) is 5.92 Å². The molecular formula is C21H22BrNO3. The highest BCUT2D eigenvalue weighted by molar-refractivity contribution is 9.10. The van der Waals surface area contributed by atoms with Gasteiger partial charge in [-0.25, -0.2) is 9.69 Å². The van der Waals surface area contributed by atoms with Crippen LogP contribution in [0, 0.1) is 5.92 Å². The molecule has 0 aliphatic carbocycles. The molecular weight excluding hydrogens is 394 g/mol. The highest BCUT2D eigenvalue weighted by Gasteiger charge is 2.38. The van der Waals surface area contributed by atoms with Crippen molar-refractivity contribution in [3.05, 3.63) is 64.1 Å². The summed E-state index contributed by atoms with van der Waals surface area (Å²) in [5.41, 5.74) is 2.00. The third kappa shape index (κ3) is 4.15. The predicted molar refractivity (Wildman–Crippen MR) is 105 cm³/mol. The van der Waals surface area contributed by atoms with Crippen molar-refractivity contribution in [3.8, 4) is 0 Å². The SMILES string of the molecule is CC(C)(C)OC(=O)N1C(=O)[C@@H](Cc2cccc(Br)c2)Cc2ccccc21. The molecule has 0 saturated heterocycles. The highest BCUT2D eigenvalue weighted by atomic mass is 79.9. The van der Waals surface area contributed by atoms with Gasteiger partial charge in [-0.1, -0.05) is 46.3 Å². The minimum Gasteiger partial charge on any atom is -0.443 e. The Bertz CT molecular complexity index is 841. The van der Waals surface area contributed by atoms with Crippen molar-refractivity contribution in [2.75, 3.05) is 4.90 Å². The number of amides is 2. The summed E-state index contributed by atoms with van der Waals surface area (Å²) in [7, 11) is 0. The lowest BCUT2D eigenvalue weighted by Gasteiger charge is -2.34. The summed E-state index contributed by atoms with van der Waals surface area (Å²) < 4.78 is 6.46. The molecule has 0 aromatic heterocycles. The molecule has 136 valence electrons. The molecule has 0 spiro atoms. The average molecular weight is 416 g/mol. The number of anilines is 1. The Balaban J connectivity index is 1.93. The van der Waals surface area contributed by atoms with E-state index in [-0.39, 0.29) is 11.8 Å². The topological polar surface area (TPSA) is 46.6 Å². The first-order chi connectivity index (χ1) is 12.2. The number of nitrogens with zero attached hydrogens (tertiary/aromatic N) is 1. The van der Waals surface area contributed by atoms with Gasteiger partial charge in [-0.05, 0) is 62.9 Å². The molecule has 2 aromatic carbocycles. The van der Waals surface area contributed by atoms with E-state index in [1.54, 1.807) is 26.8 Å². The molecule has 2 amide bonds. The Hall–Kier alpha value is -2.14. The van der Waals surface area contributed by atoms with Crippen molar-refractivity contribution in [3.63, 3.8) is 0 Å². The fraction of sp³-hybridized carbons (Fsp3) is 0.333. The summed E-state index contributed by atoms with van der Waals surface area (Å²) in [5.74, 6) is -0.510. The molecule has 0 bridgehead atoms. The monoisotopic (exact) mass is 415 g/mol. The van der Waals surface area contributed by atoms with Crippen molar-refractivity contribution in [2.45, 2.75) is 39.2 Å². The molecule has 0 unspecified atom stereocenters. The van der Waals surface area contributed by atoms with E-state index in [2.05, 4.69) is 15.9 Å². The molecule has 0 saturated carbocycles. The smallest absolute Gasteiger partial charge is 0.421 e. The van der Waals surface area contributed by atoms with Gasteiger partial charge in [0.05, 0.1) is 5.69 Å². The maximum absolute atomic E-state index is 13.1. The predicted octanol–water partition coefficient (Wildman–Crippen LogP) is 5.13. The van der Waals surface area contributed by atoms with E-state index in [1.807, 2.05) is 42.5 Å². The molecule has 0 radical (unpaired) electrons. The van der Waals surface area contributed by atoms with E-state index in [9.17, 15) is 9.59 Å². The second-order valence-corrected chi connectivity index (χ2v) is 8.43. The molecule has 26 heavy (non-hydrogen) atoms. The van der Waals surface area contributed by atoms with Gasteiger partial charge < -0.3 is 4.74 Å². The molecule has 1 aliphatic rings. The van der Waals surface area contributed by atoms with Crippen molar-refractivity contribution < 1.29 is 14.3 Å². The van der Waals surface area contributed by atoms with Crippen LogP contribution in [0.1, 0.15) is 31.9 Å². The number of rotatable bonds is 2. The maximum Gasteiger partial charge on any atom is 0.421 e. The molecule has 2 aromatic rings. The number of imide groups is 1. The normalized spacial score (nSPS) is 17.0. The van der Waals surface area contributed by atoms with Gasteiger partial charge in [-0.2, -0.15) is 0 Å². The van der Waals surface area contributed by atoms with Crippen LogP contribution >= 0.6 is 15.9 Å². The van der Waals surface area contributed by atoms with E-state index in [0.29, 0.717) is 18.5 Å². The maximum atomic E-state index is 13.1. The molecule has 5 heteroatoms. The van der Waals surface area contributed by atoms with Crippen LogP contribution < -0.4 is 4.90 Å². The lowest BCUT2D eigenvalue weighted by molar-refractivity contribution is -0.122. The summed E-state index contributed by atoms with van der Waals surface area (Å²) >= 11 is 3.47. The van der Waals surface area contributed by atoms with E-state index in [1.165, 1.54) is 4.90 Å². The lowest BCUT2D eigenvalue weighted by atomic mass is 9.87. The second-order valence-electron chi connectivity index (χ2n) is 7.52. The van der Waals surface area contributed by atoms with Crippen LogP contribution in [0.15, 0.2) is 53.0 Å². The Kier molecular flexibility index (Phi) is 5.19. The zero-order valence-corrected chi connectivity index (χ0v) is 16.7.